The molecular formula is C62H108O5. The summed E-state index contributed by atoms with van der Waals surface area (Å²) in [6.45, 7) is 42.7. The molecular weight excluding hydrogens is 825 g/mol. The lowest BCUT2D eigenvalue weighted by Gasteiger charge is -2.64. The molecule has 1 saturated heterocycles. The zero-order valence-corrected chi connectivity index (χ0v) is 47.1. The van der Waals surface area contributed by atoms with Crippen LogP contribution in [0.5, 0.6) is 0 Å². The normalized spacial score (nSPS) is 49.0. The third-order valence-corrected chi connectivity index (χ3v) is 26.8. The molecule has 1 aliphatic heterocycles. The molecule has 1 heterocycles. The highest BCUT2D eigenvalue weighted by atomic mass is 16.6. The molecule has 6 saturated carbocycles. The van der Waals surface area contributed by atoms with Gasteiger partial charge in [0.05, 0.1) is 23.4 Å². The average molecular weight is 934 g/mol. The molecule has 0 aromatic carbocycles. The Labute approximate surface area is 413 Å². The topological polar surface area (TPSA) is 93.5 Å². The van der Waals surface area contributed by atoms with Crippen LogP contribution in [0.3, 0.4) is 0 Å². The second-order valence-corrected chi connectivity index (χ2v) is 30.5. The van der Waals surface area contributed by atoms with Gasteiger partial charge in [-0.2, -0.15) is 0 Å². The van der Waals surface area contributed by atoms with Crippen molar-refractivity contribution in [3.05, 3.63) is 11.1 Å². The summed E-state index contributed by atoms with van der Waals surface area (Å²) < 4.78 is 7.30. The zero-order chi connectivity index (χ0) is 49.8. The molecule has 4 N–H and O–H groups in total. The predicted molar refractivity (Wildman–Crippen MR) is 277 cm³/mol. The first kappa shape index (κ1) is 52.9. The average Bonchev–Trinajstić information content (AvgIpc) is 3.77. The van der Waals surface area contributed by atoms with Gasteiger partial charge in [0, 0.05) is 10.8 Å². The fourth-order valence-electron chi connectivity index (χ4n) is 20.9. The monoisotopic (exact) mass is 933 g/mol. The molecule has 9 rings (SSSR count). The Morgan fingerprint density at radius 1 is 0.507 bits per heavy atom. The molecule has 386 valence electrons. The Kier molecular flexibility index (Phi) is 13.0. The van der Waals surface area contributed by atoms with E-state index in [0.717, 1.165) is 42.4 Å². The largest absolute Gasteiger partial charge is 0.390 e. The molecule has 0 radical (unpaired) electrons. The minimum Gasteiger partial charge on any atom is -0.390 e. The van der Waals surface area contributed by atoms with Crippen LogP contribution in [0.2, 0.25) is 0 Å². The predicted octanol–water partition coefficient (Wildman–Crippen LogP) is 15.1. The number of aliphatic hydroxyl groups is 4. The summed E-state index contributed by atoms with van der Waals surface area (Å²) in [6.07, 6.45) is 23.3. The van der Waals surface area contributed by atoms with E-state index in [2.05, 4.69) is 96.9 Å². The quantitative estimate of drug-likeness (QED) is 0.129. The van der Waals surface area contributed by atoms with Gasteiger partial charge < -0.3 is 25.2 Å². The maximum Gasteiger partial charge on any atom is 0.104 e. The van der Waals surface area contributed by atoms with Crippen molar-refractivity contribution in [2.45, 2.75) is 288 Å². The fourth-order valence-corrected chi connectivity index (χ4v) is 20.9. The third kappa shape index (κ3) is 7.29. The number of allylic oxidation sites excluding steroid dienone is 2. The highest BCUT2D eigenvalue weighted by Gasteiger charge is 2.90. The Bertz CT molecular complexity index is 1880. The minimum absolute atomic E-state index is 0.0793. The Morgan fingerprint density at radius 2 is 1.03 bits per heavy atom. The fraction of sp³-hybridized carbons (Fsp3) is 0.968. The van der Waals surface area contributed by atoms with Crippen LogP contribution in [-0.4, -0.2) is 55.0 Å². The Balaban J connectivity index is 0.000000182. The highest BCUT2D eigenvalue weighted by molar-refractivity contribution is 5.40. The van der Waals surface area contributed by atoms with Crippen molar-refractivity contribution >= 4 is 0 Å². The number of fused-ring (bicyclic) bond motifs is 6. The highest BCUT2D eigenvalue weighted by Crippen LogP contribution is 2.86. The van der Waals surface area contributed by atoms with E-state index in [1.807, 2.05) is 11.1 Å². The van der Waals surface area contributed by atoms with Crippen molar-refractivity contribution in [1.29, 1.82) is 0 Å². The first-order valence-electron chi connectivity index (χ1n) is 28.9. The first-order valence-corrected chi connectivity index (χ1v) is 28.9. The van der Waals surface area contributed by atoms with Gasteiger partial charge in [-0.05, 0) is 236 Å². The van der Waals surface area contributed by atoms with Crippen molar-refractivity contribution in [3.8, 4) is 0 Å². The maximum atomic E-state index is 10.5. The third-order valence-electron chi connectivity index (χ3n) is 26.8. The second kappa shape index (κ2) is 16.5. The SMILES string of the molecule is CC(CCC(O)C(C)(C)O)C1CC[C@@]2(C)C34CC[C@H]5C(C)(C)[C@@H](C)CC[C@]5(C)C3(CC[C@]12C)O4.CC(CCC(O)C(C)(C)O)C1CC[C@@]2(C)C3=C(CC[C@]12C)[C@@]1(C)CC[C@H](C)C(C)(C)[C@@H]1CC3. The van der Waals surface area contributed by atoms with E-state index in [4.69, 9.17) is 4.74 Å². The molecule has 0 aromatic heterocycles. The molecule has 5 nitrogen and oxygen atoms in total. The van der Waals surface area contributed by atoms with Crippen molar-refractivity contribution in [2.75, 3.05) is 0 Å². The van der Waals surface area contributed by atoms with E-state index < -0.39 is 23.4 Å². The zero-order valence-electron chi connectivity index (χ0n) is 47.1. The van der Waals surface area contributed by atoms with Crippen LogP contribution in [0.4, 0.5) is 0 Å². The van der Waals surface area contributed by atoms with Gasteiger partial charge in [0.25, 0.3) is 0 Å². The summed E-state index contributed by atoms with van der Waals surface area (Å²) in [5, 5.41) is 41.3. The van der Waals surface area contributed by atoms with Crippen LogP contribution in [-0.2, 0) is 4.74 Å². The van der Waals surface area contributed by atoms with Crippen LogP contribution in [0.1, 0.15) is 253 Å². The molecule has 0 amide bonds. The molecule has 7 fully saturated rings. The summed E-state index contributed by atoms with van der Waals surface area (Å²) in [4.78, 5) is 0. The molecule has 5 heteroatoms. The van der Waals surface area contributed by atoms with Crippen LogP contribution >= 0.6 is 0 Å². The maximum absolute atomic E-state index is 10.5. The number of rotatable bonds is 10. The molecule has 18 atom stereocenters. The molecule has 0 spiro atoms. The van der Waals surface area contributed by atoms with Gasteiger partial charge >= 0.3 is 0 Å². The van der Waals surface area contributed by atoms with Gasteiger partial charge in [-0.25, -0.2) is 0 Å². The van der Waals surface area contributed by atoms with Crippen molar-refractivity contribution in [3.63, 3.8) is 0 Å². The summed E-state index contributed by atoms with van der Waals surface area (Å²) in [6, 6.07) is 0. The van der Waals surface area contributed by atoms with Crippen molar-refractivity contribution < 1.29 is 25.2 Å². The Hall–Kier alpha value is -0.460. The second-order valence-electron chi connectivity index (χ2n) is 30.5. The summed E-state index contributed by atoms with van der Waals surface area (Å²) in [5.74, 6) is 5.79. The van der Waals surface area contributed by atoms with E-state index in [0.29, 0.717) is 68.5 Å². The summed E-state index contributed by atoms with van der Waals surface area (Å²) >= 11 is 0. The first-order chi connectivity index (χ1) is 30.6. The molecule has 0 bridgehead atoms. The molecule has 67 heavy (non-hydrogen) atoms. The van der Waals surface area contributed by atoms with Gasteiger partial charge in [-0.3, -0.25) is 0 Å². The van der Waals surface area contributed by atoms with Gasteiger partial charge in [0.15, 0.2) is 0 Å². The molecule has 8 aliphatic carbocycles. The standard InChI is InChI=1S/C31H54O3.C31H54O2/c1-20(10-11-24(32)26(5,6)33)22-13-16-29(9)27(22,7)18-19-30-28(8)15-12-21(2)25(3,4)23(28)14-17-31(29,30)34-30;1-20(10-13-26(32)28(5,6)33)22-15-18-31(9)24-11-12-25-27(3,4)21(2)14-17-29(25,7)23(24)16-19-30(22,31)8/h20-24,32-33H,10-19H2,1-9H3;20-22,25-26,32-33H,10-19H2,1-9H3/t20?,21-,22?,23-,24?,27+,28-,29+,30?,31?;20?,21-,22?,25-,26?,29+,30+,31-/m00/s1. The van der Waals surface area contributed by atoms with Crippen LogP contribution in [0.15, 0.2) is 11.1 Å². The van der Waals surface area contributed by atoms with Crippen LogP contribution < -0.4 is 0 Å². The molecule has 0 aromatic rings. The van der Waals surface area contributed by atoms with Crippen LogP contribution in [0, 0.1) is 90.7 Å². The van der Waals surface area contributed by atoms with E-state index in [1.165, 1.54) is 103 Å². The lowest BCUT2D eigenvalue weighted by molar-refractivity contribution is -0.137. The van der Waals surface area contributed by atoms with Crippen molar-refractivity contribution in [2.24, 2.45) is 90.7 Å². The van der Waals surface area contributed by atoms with Crippen LogP contribution in [0.25, 0.3) is 0 Å². The van der Waals surface area contributed by atoms with Crippen molar-refractivity contribution in [1.82, 2.24) is 0 Å². The minimum atomic E-state index is -1.02. The van der Waals surface area contributed by atoms with E-state index in [9.17, 15) is 20.4 Å². The van der Waals surface area contributed by atoms with E-state index in [-0.39, 0.29) is 16.6 Å². The number of hydrogen-bond acceptors (Lipinski definition) is 5. The lowest BCUT2D eigenvalue weighted by Crippen LogP contribution is -2.65. The summed E-state index contributed by atoms with van der Waals surface area (Å²) in [5.41, 5.74) is 4.75. The molecule has 9 aliphatic rings. The molecule has 8 unspecified atom stereocenters. The van der Waals surface area contributed by atoms with E-state index >= 15 is 0 Å². The lowest BCUT2D eigenvalue weighted by atomic mass is 9.37. The van der Waals surface area contributed by atoms with Gasteiger partial charge in [-0.15, -0.1) is 0 Å². The van der Waals surface area contributed by atoms with Gasteiger partial charge in [-0.1, -0.05) is 108 Å². The van der Waals surface area contributed by atoms with E-state index in [1.54, 1.807) is 27.7 Å². The summed E-state index contributed by atoms with van der Waals surface area (Å²) in [7, 11) is 0. The number of hydrogen-bond donors (Lipinski definition) is 4. The number of aliphatic hydroxyl groups excluding tert-OH is 2. The number of epoxide rings is 1. The van der Waals surface area contributed by atoms with Gasteiger partial charge in [0.1, 0.15) is 11.2 Å². The van der Waals surface area contributed by atoms with Gasteiger partial charge in [0.2, 0.25) is 0 Å². The number of ether oxygens (including phenoxy) is 1. The Morgan fingerprint density at radius 3 is 1.60 bits per heavy atom. The smallest absolute Gasteiger partial charge is 0.104 e.